The molecular formula is C36H28O3. The lowest BCUT2D eigenvalue weighted by atomic mass is 10.1. The lowest BCUT2D eigenvalue weighted by Gasteiger charge is -2.15. The van der Waals surface area contributed by atoms with Gasteiger partial charge in [0.2, 0.25) is 0 Å². The number of hydrogen-bond acceptors (Lipinski definition) is 3. The van der Waals surface area contributed by atoms with Crippen LogP contribution in [0.1, 0.15) is 0 Å². The summed E-state index contributed by atoms with van der Waals surface area (Å²) in [5, 5.41) is 0. The summed E-state index contributed by atoms with van der Waals surface area (Å²) in [6.45, 7) is 0. The minimum atomic E-state index is 0.616. The largest absolute Gasteiger partial charge is 0.453 e. The molecule has 0 saturated heterocycles. The Morgan fingerprint density at radius 3 is 0.821 bits per heavy atom. The van der Waals surface area contributed by atoms with Gasteiger partial charge < -0.3 is 14.2 Å². The van der Waals surface area contributed by atoms with Crippen LogP contribution in [-0.2, 0) is 0 Å². The normalized spacial score (nSPS) is 10.1. The van der Waals surface area contributed by atoms with Gasteiger partial charge in [-0.05, 0) is 59.7 Å². The van der Waals surface area contributed by atoms with Crippen molar-refractivity contribution >= 4 is 0 Å². The third-order valence-corrected chi connectivity index (χ3v) is 5.74. The number of rotatable bonds is 7. The highest BCUT2D eigenvalue weighted by Gasteiger charge is 2.11. The molecule has 0 aliphatic rings. The van der Waals surface area contributed by atoms with E-state index in [2.05, 4.69) is 48.5 Å². The monoisotopic (exact) mass is 508 g/mol. The molecule has 0 bridgehead atoms. The second kappa shape index (κ2) is 13.3. The predicted molar refractivity (Wildman–Crippen MR) is 158 cm³/mol. The Morgan fingerprint density at radius 1 is 0.231 bits per heavy atom. The van der Waals surface area contributed by atoms with Crippen LogP contribution >= 0.6 is 0 Å². The number of para-hydroxylation sites is 6. The fourth-order valence-electron chi connectivity index (χ4n) is 3.85. The molecule has 0 amide bonds. The van der Waals surface area contributed by atoms with E-state index < -0.39 is 0 Å². The van der Waals surface area contributed by atoms with Crippen molar-refractivity contribution < 1.29 is 14.2 Å². The fraction of sp³-hybridized carbons (Fsp3) is 0. The maximum absolute atomic E-state index is 6.14. The van der Waals surface area contributed by atoms with Gasteiger partial charge in [0, 0.05) is 0 Å². The predicted octanol–water partition coefficient (Wildman–Crippen LogP) is 10.4. The Kier molecular flexibility index (Phi) is 8.66. The van der Waals surface area contributed by atoms with Crippen LogP contribution in [0.25, 0.3) is 11.1 Å². The maximum Gasteiger partial charge on any atom is 0.170 e. The van der Waals surface area contributed by atoms with Crippen LogP contribution in [0.15, 0.2) is 170 Å². The third-order valence-electron chi connectivity index (χ3n) is 5.74. The average Bonchev–Trinajstić information content (AvgIpc) is 3.01. The zero-order valence-corrected chi connectivity index (χ0v) is 21.4. The molecule has 0 unspecified atom stereocenters. The molecule has 0 aliphatic heterocycles. The lowest BCUT2D eigenvalue weighted by molar-refractivity contribution is 0.394. The van der Waals surface area contributed by atoms with E-state index in [0.717, 1.165) is 11.5 Å². The van der Waals surface area contributed by atoms with Crippen LogP contribution in [-0.4, -0.2) is 0 Å². The van der Waals surface area contributed by atoms with Crippen LogP contribution in [0.4, 0.5) is 0 Å². The first-order chi connectivity index (χ1) is 19.3. The molecule has 190 valence electrons. The number of benzene rings is 6. The fourth-order valence-corrected chi connectivity index (χ4v) is 3.85. The van der Waals surface area contributed by atoms with Crippen molar-refractivity contribution in [1.29, 1.82) is 0 Å². The van der Waals surface area contributed by atoms with E-state index in [4.69, 9.17) is 14.2 Å². The summed E-state index contributed by atoms with van der Waals surface area (Å²) in [6.07, 6.45) is 0. The number of ether oxygens (including phenoxy) is 3. The molecule has 0 radical (unpaired) electrons. The topological polar surface area (TPSA) is 27.7 Å². The third kappa shape index (κ3) is 7.37. The second-order valence-corrected chi connectivity index (χ2v) is 8.56. The highest BCUT2D eigenvalue weighted by atomic mass is 16.5. The van der Waals surface area contributed by atoms with E-state index in [1.54, 1.807) is 0 Å². The zero-order valence-electron chi connectivity index (χ0n) is 21.4. The average molecular weight is 509 g/mol. The van der Waals surface area contributed by atoms with Crippen molar-refractivity contribution in [3.63, 3.8) is 0 Å². The first-order valence-electron chi connectivity index (χ1n) is 12.8. The molecule has 3 heteroatoms. The molecule has 0 saturated carbocycles. The van der Waals surface area contributed by atoms with Gasteiger partial charge in [0.05, 0.1) is 0 Å². The van der Waals surface area contributed by atoms with Gasteiger partial charge in [-0.15, -0.1) is 0 Å². The first kappa shape index (κ1) is 25.4. The molecule has 0 aliphatic carbocycles. The molecule has 0 spiro atoms. The summed E-state index contributed by atoms with van der Waals surface area (Å²) in [6, 6.07) is 55.2. The first-order valence-corrected chi connectivity index (χ1v) is 12.8. The molecule has 0 fully saturated rings. The summed E-state index contributed by atoms with van der Waals surface area (Å²) in [5.74, 6) is 4.01. The molecule has 0 aromatic heterocycles. The number of hydrogen-bond donors (Lipinski definition) is 0. The van der Waals surface area contributed by atoms with Gasteiger partial charge in [0.15, 0.2) is 23.0 Å². The van der Waals surface area contributed by atoms with Crippen LogP contribution in [0, 0.1) is 0 Å². The maximum atomic E-state index is 6.14. The van der Waals surface area contributed by atoms with Gasteiger partial charge in [-0.3, -0.25) is 0 Å². The molecule has 6 aromatic rings. The van der Waals surface area contributed by atoms with Gasteiger partial charge in [-0.25, -0.2) is 0 Å². The second-order valence-electron chi connectivity index (χ2n) is 8.56. The summed E-state index contributed by atoms with van der Waals surface area (Å²) in [5.41, 5.74) is 2.55. The smallest absolute Gasteiger partial charge is 0.170 e. The van der Waals surface area contributed by atoms with Crippen LogP contribution in [0.2, 0.25) is 0 Å². The Bertz CT molecular complexity index is 1430. The van der Waals surface area contributed by atoms with Crippen LogP contribution in [0.3, 0.4) is 0 Å². The minimum absolute atomic E-state index is 0.616. The van der Waals surface area contributed by atoms with Crippen molar-refractivity contribution in [2.45, 2.75) is 0 Å². The van der Waals surface area contributed by atoms with Crippen molar-refractivity contribution in [3.8, 4) is 45.6 Å². The van der Waals surface area contributed by atoms with E-state index >= 15 is 0 Å². The van der Waals surface area contributed by atoms with E-state index in [-0.39, 0.29) is 0 Å². The van der Waals surface area contributed by atoms with Crippen molar-refractivity contribution in [2.24, 2.45) is 0 Å². The Balaban J connectivity index is 0.000000214. The molecule has 6 rings (SSSR count). The van der Waals surface area contributed by atoms with Crippen LogP contribution in [0.5, 0.6) is 34.5 Å². The van der Waals surface area contributed by atoms with Gasteiger partial charge >= 0.3 is 0 Å². The summed E-state index contributed by atoms with van der Waals surface area (Å²) in [7, 11) is 0. The van der Waals surface area contributed by atoms with E-state index in [0.29, 0.717) is 23.0 Å². The minimum Gasteiger partial charge on any atom is -0.453 e. The molecule has 6 aromatic carbocycles. The van der Waals surface area contributed by atoms with Gasteiger partial charge in [0.25, 0.3) is 0 Å². The zero-order chi connectivity index (χ0) is 26.5. The Hall–Kier alpha value is -5.28. The van der Waals surface area contributed by atoms with Gasteiger partial charge in [0.1, 0.15) is 11.5 Å². The van der Waals surface area contributed by atoms with Gasteiger partial charge in [-0.1, -0.05) is 121 Å². The Morgan fingerprint density at radius 2 is 0.487 bits per heavy atom. The van der Waals surface area contributed by atoms with Gasteiger partial charge in [-0.2, -0.15) is 0 Å². The Labute approximate surface area is 229 Å². The quantitative estimate of drug-likeness (QED) is 0.215. The molecule has 0 atom stereocenters. The van der Waals surface area contributed by atoms with E-state index in [9.17, 15) is 0 Å². The highest BCUT2D eigenvalue weighted by molar-refractivity contribution is 5.62. The lowest BCUT2D eigenvalue weighted by Crippen LogP contribution is -1.93. The SMILES string of the molecule is c1ccc(-c2ccccc2)cc1.c1ccc(Oc2ccccc2Oc2ccccc2Oc2ccccc2)cc1. The molecule has 3 nitrogen and oxygen atoms in total. The molecule has 39 heavy (non-hydrogen) atoms. The van der Waals surface area contributed by atoms with E-state index in [1.807, 2.05) is 121 Å². The van der Waals surface area contributed by atoms with Crippen molar-refractivity contribution in [2.75, 3.05) is 0 Å². The molecule has 0 heterocycles. The van der Waals surface area contributed by atoms with Crippen LogP contribution < -0.4 is 14.2 Å². The summed E-state index contributed by atoms with van der Waals surface area (Å²) < 4.78 is 18.1. The standard InChI is InChI=1S/C24H18O3.C12H10/c1-3-11-19(12-4-1)25-21-15-7-9-17-23(21)27-24-18-10-8-16-22(24)26-20-13-5-2-6-14-20;1-3-7-11(8-4-1)12-9-5-2-6-10-12/h1-18H;1-10H. The summed E-state index contributed by atoms with van der Waals surface area (Å²) in [4.78, 5) is 0. The molecular weight excluding hydrogens is 480 g/mol. The molecule has 0 N–H and O–H groups in total. The van der Waals surface area contributed by atoms with Crippen molar-refractivity contribution in [1.82, 2.24) is 0 Å². The highest BCUT2D eigenvalue weighted by Crippen LogP contribution is 2.39. The van der Waals surface area contributed by atoms with Crippen molar-refractivity contribution in [3.05, 3.63) is 170 Å². The summed E-state index contributed by atoms with van der Waals surface area (Å²) >= 11 is 0. The van der Waals surface area contributed by atoms with E-state index in [1.165, 1.54) is 11.1 Å².